The van der Waals surface area contributed by atoms with E-state index >= 15 is 0 Å². The van der Waals surface area contributed by atoms with Crippen LogP contribution in [0.15, 0.2) is 0 Å². The summed E-state index contributed by atoms with van der Waals surface area (Å²) in [6, 6.07) is 0. The van der Waals surface area contributed by atoms with E-state index in [0.29, 0.717) is 22.5 Å². The average Bonchev–Trinajstić information content (AvgIpc) is 2.74. The minimum absolute atomic E-state index is 0.370. The Morgan fingerprint density at radius 3 is 2.45 bits per heavy atom. The van der Waals surface area contributed by atoms with Gasteiger partial charge in [-0.25, -0.2) is 14.8 Å². The molecule has 1 aliphatic rings. The maximum absolute atomic E-state index is 11.4. The third kappa shape index (κ3) is 2.56. The van der Waals surface area contributed by atoms with Crippen molar-refractivity contribution < 1.29 is 9.90 Å². The summed E-state index contributed by atoms with van der Waals surface area (Å²) in [6.45, 7) is 10.2. The number of carboxylic acids is 1. The van der Waals surface area contributed by atoms with E-state index in [4.69, 9.17) is 0 Å². The number of carbonyl (C=O) groups is 1. The Labute approximate surface area is 134 Å². The zero-order valence-corrected chi connectivity index (χ0v) is 14.2. The van der Waals surface area contributed by atoms with Gasteiger partial charge in [-0.05, 0) is 37.7 Å². The standard InChI is InChI=1S/C16H21N3O2S/c1-8-5-9(2)7-19(6-8)14-12-10(3)13(16(20)21)22-15(12)18-11(4)17-14/h8-9H,5-7H2,1-4H3,(H,20,21). The van der Waals surface area contributed by atoms with E-state index in [1.54, 1.807) is 0 Å². The van der Waals surface area contributed by atoms with Crippen molar-refractivity contribution in [3.05, 3.63) is 16.3 Å². The Bertz CT molecular complexity index is 731. The molecule has 0 saturated carbocycles. The molecule has 0 amide bonds. The number of aromatic carboxylic acids is 1. The minimum atomic E-state index is -0.885. The van der Waals surface area contributed by atoms with Crippen LogP contribution < -0.4 is 4.90 Å². The number of piperidine rings is 1. The normalized spacial score (nSPS) is 22.3. The van der Waals surface area contributed by atoms with Crippen molar-refractivity contribution >= 4 is 33.3 Å². The largest absolute Gasteiger partial charge is 0.477 e. The third-order valence-corrected chi connectivity index (χ3v) is 5.42. The third-order valence-electron chi connectivity index (χ3n) is 4.25. The van der Waals surface area contributed by atoms with Crippen molar-refractivity contribution in [3.8, 4) is 0 Å². The maximum Gasteiger partial charge on any atom is 0.346 e. The average molecular weight is 319 g/mol. The van der Waals surface area contributed by atoms with Gasteiger partial charge in [0, 0.05) is 13.1 Å². The lowest BCUT2D eigenvalue weighted by atomic mass is 9.92. The van der Waals surface area contributed by atoms with Gasteiger partial charge in [0.25, 0.3) is 0 Å². The predicted octanol–water partition coefficient (Wildman–Crippen LogP) is 3.49. The summed E-state index contributed by atoms with van der Waals surface area (Å²) in [6.07, 6.45) is 1.23. The van der Waals surface area contributed by atoms with Crippen molar-refractivity contribution in [2.45, 2.75) is 34.1 Å². The van der Waals surface area contributed by atoms with E-state index in [0.717, 1.165) is 34.7 Å². The molecule has 1 fully saturated rings. The Hall–Kier alpha value is -1.69. The van der Waals surface area contributed by atoms with E-state index in [9.17, 15) is 9.90 Å². The molecule has 22 heavy (non-hydrogen) atoms. The highest BCUT2D eigenvalue weighted by atomic mass is 32.1. The summed E-state index contributed by atoms with van der Waals surface area (Å²) >= 11 is 1.25. The van der Waals surface area contributed by atoms with Crippen molar-refractivity contribution in [2.24, 2.45) is 11.8 Å². The highest BCUT2D eigenvalue weighted by Crippen LogP contribution is 2.37. The van der Waals surface area contributed by atoms with Gasteiger partial charge in [0.2, 0.25) is 0 Å². The van der Waals surface area contributed by atoms with Crippen LogP contribution in [-0.2, 0) is 0 Å². The van der Waals surface area contributed by atoms with Gasteiger partial charge in [-0.3, -0.25) is 0 Å². The number of hydrogen-bond acceptors (Lipinski definition) is 5. The fraction of sp³-hybridized carbons (Fsp3) is 0.562. The smallest absolute Gasteiger partial charge is 0.346 e. The Balaban J connectivity index is 2.18. The molecule has 118 valence electrons. The molecule has 0 spiro atoms. The molecular weight excluding hydrogens is 298 g/mol. The van der Waals surface area contributed by atoms with Crippen molar-refractivity contribution in [1.82, 2.24) is 9.97 Å². The number of nitrogens with zero attached hydrogens (tertiary/aromatic N) is 3. The molecule has 0 aromatic carbocycles. The molecule has 2 atom stereocenters. The summed E-state index contributed by atoms with van der Waals surface area (Å²) in [4.78, 5) is 24.0. The van der Waals surface area contributed by atoms with E-state index in [-0.39, 0.29) is 0 Å². The fourth-order valence-electron chi connectivity index (χ4n) is 3.49. The van der Waals surface area contributed by atoms with E-state index in [1.807, 2.05) is 13.8 Å². The summed E-state index contributed by atoms with van der Waals surface area (Å²) < 4.78 is 0. The van der Waals surface area contributed by atoms with Gasteiger partial charge < -0.3 is 10.0 Å². The van der Waals surface area contributed by atoms with Gasteiger partial charge >= 0.3 is 5.97 Å². The molecule has 6 heteroatoms. The quantitative estimate of drug-likeness (QED) is 0.918. The van der Waals surface area contributed by atoms with Gasteiger partial charge in [0.05, 0.1) is 5.39 Å². The second-order valence-corrected chi connectivity index (χ2v) is 7.49. The van der Waals surface area contributed by atoms with E-state index < -0.39 is 5.97 Å². The van der Waals surface area contributed by atoms with Gasteiger partial charge in [-0.1, -0.05) is 13.8 Å². The highest BCUT2D eigenvalue weighted by Gasteiger charge is 2.27. The topological polar surface area (TPSA) is 66.3 Å². The van der Waals surface area contributed by atoms with Gasteiger partial charge in [0.15, 0.2) is 0 Å². The van der Waals surface area contributed by atoms with Crippen LogP contribution >= 0.6 is 11.3 Å². The van der Waals surface area contributed by atoms with Crippen LogP contribution in [0.5, 0.6) is 0 Å². The number of anilines is 1. The Morgan fingerprint density at radius 1 is 1.23 bits per heavy atom. The first-order valence-electron chi connectivity index (χ1n) is 7.62. The van der Waals surface area contributed by atoms with E-state index in [1.165, 1.54) is 17.8 Å². The second kappa shape index (κ2) is 5.50. The maximum atomic E-state index is 11.4. The fourth-order valence-corrected chi connectivity index (χ4v) is 4.55. The molecule has 1 N–H and O–H groups in total. The number of aryl methyl sites for hydroxylation is 2. The summed E-state index contributed by atoms with van der Waals surface area (Å²) in [7, 11) is 0. The van der Waals surface area contributed by atoms with Gasteiger partial charge in [0.1, 0.15) is 21.3 Å². The van der Waals surface area contributed by atoms with Crippen LogP contribution in [0.4, 0.5) is 5.82 Å². The molecule has 1 aliphatic heterocycles. The lowest BCUT2D eigenvalue weighted by Gasteiger charge is -2.36. The molecule has 3 heterocycles. The molecule has 5 nitrogen and oxygen atoms in total. The van der Waals surface area contributed by atoms with Crippen LogP contribution in [0.2, 0.25) is 0 Å². The lowest BCUT2D eigenvalue weighted by molar-refractivity contribution is 0.0701. The summed E-state index contributed by atoms with van der Waals surface area (Å²) in [5, 5.41) is 10.3. The number of aromatic nitrogens is 2. The number of rotatable bonds is 2. The molecule has 0 aliphatic carbocycles. The number of fused-ring (bicyclic) bond motifs is 1. The Kier molecular flexibility index (Phi) is 3.80. The molecule has 0 radical (unpaired) electrons. The molecule has 2 unspecified atom stereocenters. The van der Waals surface area contributed by atoms with Crippen LogP contribution in [0.1, 0.15) is 41.3 Å². The summed E-state index contributed by atoms with van der Waals surface area (Å²) in [5.74, 6) is 1.96. The van der Waals surface area contributed by atoms with Crippen LogP contribution in [0.3, 0.4) is 0 Å². The van der Waals surface area contributed by atoms with Crippen molar-refractivity contribution in [2.75, 3.05) is 18.0 Å². The number of hydrogen-bond donors (Lipinski definition) is 1. The zero-order valence-electron chi connectivity index (χ0n) is 13.4. The van der Waals surface area contributed by atoms with Crippen molar-refractivity contribution in [3.63, 3.8) is 0 Å². The molecule has 0 bridgehead atoms. The second-order valence-electron chi connectivity index (χ2n) is 6.49. The van der Waals surface area contributed by atoms with Crippen LogP contribution in [0, 0.1) is 25.7 Å². The number of carboxylic acid groups (broad SMARTS) is 1. The van der Waals surface area contributed by atoms with Crippen LogP contribution in [0.25, 0.3) is 10.2 Å². The minimum Gasteiger partial charge on any atom is -0.477 e. The first kappa shape index (κ1) is 15.2. The first-order chi connectivity index (χ1) is 10.4. The first-order valence-corrected chi connectivity index (χ1v) is 8.44. The van der Waals surface area contributed by atoms with Crippen LogP contribution in [-0.4, -0.2) is 34.1 Å². The van der Waals surface area contributed by atoms with Crippen molar-refractivity contribution in [1.29, 1.82) is 0 Å². The predicted molar refractivity (Wildman–Crippen MR) is 89.0 cm³/mol. The Morgan fingerprint density at radius 2 is 1.86 bits per heavy atom. The highest BCUT2D eigenvalue weighted by molar-refractivity contribution is 7.20. The zero-order chi connectivity index (χ0) is 16.0. The van der Waals surface area contributed by atoms with Gasteiger partial charge in [-0.15, -0.1) is 11.3 Å². The molecule has 1 saturated heterocycles. The summed E-state index contributed by atoms with van der Waals surface area (Å²) in [5.41, 5.74) is 0.786. The van der Waals surface area contributed by atoms with Gasteiger partial charge in [-0.2, -0.15) is 0 Å². The molecule has 3 rings (SSSR count). The molecular formula is C16H21N3O2S. The monoisotopic (exact) mass is 319 g/mol. The number of thiophene rings is 1. The molecule has 2 aromatic heterocycles. The van der Waals surface area contributed by atoms with E-state index in [2.05, 4.69) is 28.7 Å². The molecule has 2 aromatic rings. The lowest BCUT2D eigenvalue weighted by Crippen LogP contribution is -2.39. The SMILES string of the molecule is Cc1nc(N2CC(C)CC(C)C2)c2c(C)c(C(=O)O)sc2n1.